The van der Waals surface area contributed by atoms with Crippen molar-refractivity contribution in [3.8, 4) is 10.7 Å². The van der Waals surface area contributed by atoms with Gasteiger partial charge in [-0.05, 0) is 0 Å². The van der Waals surface area contributed by atoms with Gasteiger partial charge < -0.3 is 0 Å². The minimum atomic E-state index is -0.932. The van der Waals surface area contributed by atoms with E-state index in [9.17, 15) is 4.79 Å². The van der Waals surface area contributed by atoms with Crippen molar-refractivity contribution in [2.75, 3.05) is 0 Å². The summed E-state index contributed by atoms with van der Waals surface area (Å²) in [6.07, 6.45) is 1.93. The minimum absolute atomic E-state index is 0.145. The molecule has 0 bridgehead atoms. The van der Waals surface area contributed by atoms with Crippen molar-refractivity contribution in [2.45, 2.75) is 18.7 Å². The quantitative estimate of drug-likeness (QED) is 0.657. The third-order valence-corrected chi connectivity index (χ3v) is 7.01. The van der Waals surface area contributed by atoms with Crippen molar-refractivity contribution in [3.05, 3.63) is 53.2 Å². The van der Waals surface area contributed by atoms with Gasteiger partial charge in [-0.15, -0.1) is 0 Å². The summed E-state index contributed by atoms with van der Waals surface area (Å²) >= 11 is 1.03. The van der Waals surface area contributed by atoms with Crippen LogP contribution in [0.4, 0.5) is 0 Å². The Morgan fingerprint density at radius 2 is 2.09 bits per heavy atom. The second kappa shape index (κ2) is 7.11. The number of benzene rings is 1. The van der Waals surface area contributed by atoms with Crippen LogP contribution in [-0.2, 0) is 6.54 Å². The van der Waals surface area contributed by atoms with Gasteiger partial charge in [0.05, 0.1) is 0 Å². The van der Waals surface area contributed by atoms with Crippen LogP contribution >= 0.6 is 11.3 Å². The van der Waals surface area contributed by atoms with Crippen LogP contribution in [0, 0.1) is 6.92 Å². The molecular formula is C16H16AsN3O2S. The standard InChI is InChI=1S/C16H16AsN3O2S/c1-11-14(16(21)22)23-15(18-11)13-7-9-20(19-13)10-8-17-12-5-3-2-4-6-12/h2-7,9,17H,8,10H2,1H3,(H,21,22). The van der Waals surface area contributed by atoms with E-state index >= 15 is 0 Å². The number of carbonyl (C=O) groups is 1. The first kappa shape index (κ1) is 16.0. The number of hydrogen-bond acceptors (Lipinski definition) is 4. The maximum atomic E-state index is 11.1. The molecule has 23 heavy (non-hydrogen) atoms. The molecule has 7 heteroatoms. The zero-order valence-electron chi connectivity index (χ0n) is 12.6. The molecule has 1 aromatic carbocycles. The molecule has 1 N–H and O–H groups in total. The zero-order valence-corrected chi connectivity index (χ0v) is 15.5. The molecule has 0 spiro atoms. The van der Waals surface area contributed by atoms with Gasteiger partial charge in [0.1, 0.15) is 0 Å². The summed E-state index contributed by atoms with van der Waals surface area (Å²) in [6.45, 7) is 2.59. The number of carboxylic acids is 1. The molecule has 1 atom stereocenters. The fourth-order valence-corrected chi connectivity index (χ4v) is 5.26. The fourth-order valence-electron chi connectivity index (χ4n) is 2.18. The molecule has 3 rings (SSSR count). The van der Waals surface area contributed by atoms with Crippen molar-refractivity contribution in [1.82, 2.24) is 14.8 Å². The molecule has 2 heterocycles. The van der Waals surface area contributed by atoms with Crippen molar-refractivity contribution < 1.29 is 9.90 Å². The van der Waals surface area contributed by atoms with Crippen LogP contribution in [0.15, 0.2) is 42.6 Å². The number of nitrogens with zero attached hydrogens (tertiary/aromatic N) is 3. The summed E-state index contributed by atoms with van der Waals surface area (Å²) in [7, 11) is 0. The Balaban J connectivity index is 1.64. The van der Waals surface area contributed by atoms with Gasteiger partial charge in [0.25, 0.3) is 0 Å². The van der Waals surface area contributed by atoms with Gasteiger partial charge in [0.15, 0.2) is 0 Å². The third kappa shape index (κ3) is 3.89. The van der Waals surface area contributed by atoms with Gasteiger partial charge in [0, 0.05) is 0 Å². The molecule has 2 aromatic heterocycles. The second-order valence-corrected chi connectivity index (χ2v) is 9.00. The van der Waals surface area contributed by atoms with Crippen LogP contribution in [0.3, 0.4) is 0 Å². The van der Waals surface area contributed by atoms with Crippen LogP contribution in [-0.4, -0.2) is 41.6 Å². The normalized spacial score (nSPS) is 11.3. The van der Waals surface area contributed by atoms with Gasteiger partial charge in [-0.1, -0.05) is 0 Å². The fraction of sp³-hybridized carbons (Fsp3) is 0.188. The number of aryl methyl sites for hydroxylation is 2. The summed E-state index contributed by atoms with van der Waals surface area (Å²) < 4.78 is 3.36. The molecule has 0 radical (unpaired) electrons. The van der Waals surface area contributed by atoms with Crippen LogP contribution in [0.2, 0.25) is 5.21 Å². The number of aromatic nitrogens is 3. The number of hydrogen-bond donors (Lipinski definition) is 1. The van der Waals surface area contributed by atoms with Crippen molar-refractivity contribution >= 4 is 37.4 Å². The van der Waals surface area contributed by atoms with E-state index in [1.54, 1.807) is 6.92 Å². The first-order valence-corrected chi connectivity index (χ1v) is 10.5. The van der Waals surface area contributed by atoms with Gasteiger partial charge >= 0.3 is 145 Å². The molecule has 118 valence electrons. The topological polar surface area (TPSA) is 68.0 Å². The summed E-state index contributed by atoms with van der Waals surface area (Å²) in [5, 5.41) is 15.4. The van der Waals surface area contributed by atoms with Crippen LogP contribution in [0.5, 0.6) is 0 Å². The summed E-state index contributed by atoms with van der Waals surface area (Å²) in [4.78, 5) is 15.7. The second-order valence-electron chi connectivity index (χ2n) is 5.00. The average molecular weight is 389 g/mol. The van der Waals surface area contributed by atoms with E-state index in [0.717, 1.165) is 17.4 Å². The molecule has 0 aliphatic heterocycles. The Labute approximate surface area is 144 Å². The first-order chi connectivity index (χ1) is 11.1. The number of thiazole rings is 1. The summed E-state index contributed by atoms with van der Waals surface area (Å²) in [5.74, 6) is -0.932. The molecular weight excluding hydrogens is 373 g/mol. The molecule has 0 aliphatic rings. The van der Waals surface area contributed by atoms with E-state index in [-0.39, 0.29) is 20.6 Å². The predicted octanol–water partition coefficient (Wildman–Crippen LogP) is 2.19. The molecule has 0 amide bonds. The average Bonchev–Trinajstić information content (AvgIpc) is 3.15. The Morgan fingerprint density at radius 3 is 2.78 bits per heavy atom. The zero-order chi connectivity index (χ0) is 16.2. The molecule has 0 saturated heterocycles. The van der Waals surface area contributed by atoms with Crippen molar-refractivity contribution in [1.29, 1.82) is 0 Å². The van der Waals surface area contributed by atoms with E-state index in [1.165, 1.54) is 15.7 Å². The number of carboxylic acid groups (broad SMARTS) is 1. The van der Waals surface area contributed by atoms with Crippen LogP contribution in [0.25, 0.3) is 10.7 Å². The molecule has 1 unspecified atom stereocenters. The molecule has 0 fully saturated rings. The van der Waals surface area contributed by atoms with E-state index < -0.39 is 5.97 Å². The molecule has 0 aliphatic carbocycles. The third-order valence-electron chi connectivity index (χ3n) is 3.29. The van der Waals surface area contributed by atoms with Gasteiger partial charge in [0.2, 0.25) is 0 Å². The number of aromatic carboxylic acids is 1. The summed E-state index contributed by atoms with van der Waals surface area (Å²) in [6, 6.07) is 12.5. The first-order valence-electron chi connectivity index (χ1n) is 7.17. The van der Waals surface area contributed by atoms with Gasteiger partial charge in [-0.3, -0.25) is 0 Å². The van der Waals surface area contributed by atoms with Crippen molar-refractivity contribution in [3.63, 3.8) is 0 Å². The van der Waals surface area contributed by atoms with E-state index in [0.29, 0.717) is 10.7 Å². The van der Waals surface area contributed by atoms with Gasteiger partial charge in [-0.2, -0.15) is 0 Å². The monoisotopic (exact) mass is 389 g/mol. The SMILES string of the molecule is Cc1nc(-c2ccn(CC[AsH]c3ccccc3)n2)sc1C(=O)O. The van der Waals surface area contributed by atoms with E-state index in [4.69, 9.17) is 5.11 Å². The van der Waals surface area contributed by atoms with E-state index in [2.05, 4.69) is 34.3 Å². The Kier molecular flexibility index (Phi) is 4.93. The predicted molar refractivity (Wildman–Crippen MR) is 93.1 cm³/mol. The molecule has 0 saturated carbocycles. The molecule has 5 nitrogen and oxygen atoms in total. The Hall–Kier alpha value is -1.91. The maximum absolute atomic E-state index is 11.1. The van der Waals surface area contributed by atoms with Crippen LogP contribution in [0.1, 0.15) is 15.4 Å². The van der Waals surface area contributed by atoms with E-state index in [1.807, 2.05) is 23.0 Å². The molecule has 3 aromatic rings. The van der Waals surface area contributed by atoms with Crippen molar-refractivity contribution in [2.24, 2.45) is 0 Å². The number of rotatable bonds is 6. The van der Waals surface area contributed by atoms with Crippen LogP contribution < -0.4 is 4.35 Å². The van der Waals surface area contributed by atoms with Gasteiger partial charge in [-0.25, -0.2) is 0 Å². The summed E-state index contributed by atoms with van der Waals surface area (Å²) in [5.41, 5.74) is 1.29. The Bertz CT molecular complexity index is 814. The Morgan fingerprint density at radius 1 is 1.30 bits per heavy atom.